The number of benzene rings is 1. The van der Waals surface area contributed by atoms with E-state index in [4.69, 9.17) is 0 Å². The van der Waals surface area contributed by atoms with Gasteiger partial charge < -0.3 is 9.80 Å². The first kappa shape index (κ1) is 17.0. The van der Waals surface area contributed by atoms with Crippen molar-refractivity contribution in [3.05, 3.63) is 29.8 Å². The number of rotatable bonds is 4. The highest BCUT2D eigenvalue weighted by molar-refractivity contribution is 5.95. The fraction of sp³-hybridized carbons (Fsp3) is 0.579. The lowest BCUT2D eigenvalue weighted by Gasteiger charge is -2.39. The molecule has 2 saturated heterocycles. The zero-order chi connectivity index (χ0) is 17.1. The molecule has 5 nitrogen and oxygen atoms in total. The molecule has 24 heavy (non-hydrogen) atoms. The van der Waals surface area contributed by atoms with Gasteiger partial charge in [-0.3, -0.25) is 14.5 Å². The second kappa shape index (κ2) is 7.34. The van der Waals surface area contributed by atoms with Crippen LogP contribution in [0.2, 0.25) is 0 Å². The van der Waals surface area contributed by atoms with E-state index in [0.29, 0.717) is 26.1 Å². The van der Waals surface area contributed by atoms with Crippen molar-refractivity contribution in [1.82, 2.24) is 9.80 Å². The number of hydrogen-bond acceptors (Lipinski definition) is 3. The highest BCUT2D eigenvalue weighted by Gasteiger charge is 2.30. The van der Waals surface area contributed by atoms with Gasteiger partial charge in [0.2, 0.25) is 11.8 Å². The third-order valence-electron chi connectivity index (χ3n) is 5.13. The first-order valence-corrected chi connectivity index (χ1v) is 8.93. The molecule has 1 atom stereocenters. The van der Waals surface area contributed by atoms with E-state index in [-0.39, 0.29) is 17.9 Å². The summed E-state index contributed by atoms with van der Waals surface area (Å²) in [6, 6.07) is 8.34. The lowest BCUT2D eigenvalue weighted by Crippen LogP contribution is -2.55. The molecule has 2 aliphatic rings. The van der Waals surface area contributed by atoms with Crippen LogP contribution in [0.5, 0.6) is 0 Å². The van der Waals surface area contributed by atoms with Gasteiger partial charge in [0.25, 0.3) is 0 Å². The quantitative estimate of drug-likeness (QED) is 0.849. The van der Waals surface area contributed by atoms with Crippen molar-refractivity contribution in [2.75, 3.05) is 37.6 Å². The molecule has 2 heterocycles. The maximum atomic E-state index is 12.5. The summed E-state index contributed by atoms with van der Waals surface area (Å²) in [5, 5.41) is 0. The maximum Gasteiger partial charge on any atom is 0.241 e. The smallest absolute Gasteiger partial charge is 0.241 e. The molecule has 0 bridgehead atoms. The number of piperazine rings is 1. The number of anilines is 1. The Balaban J connectivity index is 1.56. The summed E-state index contributed by atoms with van der Waals surface area (Å²) < 4.78 is 0. The minimum Gasteiger partial charge on any atom is -0.343 e. The van der Waals surface area contributed by atoms with Gasteiger partial charge in [-0.1, -0.05) is 17.7 Å². The first-order valence-electron chi connectivity index (χ1n) is 8.93. The van der Waals surface area contributed by atoms with Crippen LogP contribution in [0.1, 0.15) is 31.7 Å². The van der Waals surface area contributed by atoms with Crippen molar-refractivity contribution in [2.24, 2.45) is 0 Å². The van der Waals surface area contributed by atoms with E-state index < -0.39 is 0 Å². The first-order chi connectivity index (χ1) is 11.5. The van der Waals surface area contributed by atoms with E-state index in [0.717, 1.165) is 31.6 Å². The SMILES string of the molecule is Cc1ccc(N2CC(C)N(CCC(=O)N3CCCC3)CC2=O)cc1. The number of carbonyl (C=O) groups is 2. The van der Waals surface area contributed by atoms with Crippen LogP contribution >= 0.6 is 0 Å². The van der Waals surface area contributed by atoms with Crippen LogP contribution in [-0.4, -0.2) is 60.4 Å². The lowest BCUT2D eigenvalue weighted by atomic mass is 10.1. The minimum absolute atomic E-state index is 0.116. The average Bonchev–Trinajstić information content (AvgIpc) is 3.10. The Morgan fingerprint density at radius 2 is 1.83 bits per heavy atom. The Labute approximate surface area is 144 Å². The van der Waals surface area contributed by atoms with Crippen molar-refractivity contribution < 1.29 is 9.59 Å². The van der Waals surface area contributed by atoms with Gasteiger partial charge >= 0.3 is 0 Å². The van der Waals surface area contributed by atoms with E-state index in [1.807, 2.05) is 41.0 Å². The number of hydrogen-bond donors (Lipinski definition) is 0. The molecular weight excluding hydrogens is 302 g/mol. The summed E-state index contributed by atoms with van der Waals surface area (Å²) in [6.45, 7) is 7.71. The van der Waals surface area contributed by atoms with Gasteiger partial charge in [0, 0.05) is 44.3 Å². The van der Waals surface area contributed by atoms with Crippen molar-refractivity contribution >= 4 is 17.5 Å². The third-order valence-corrected chi connectivity index (χ3v) is 5.13. The van der Waals surface area contributed by atoms with Crippen LogP contribution in [-0.2, 0) is 9.59 Å². The summed E-state index contributed by atoms with van der Waals surface area (Å²) in [5.74, 6) is 0.346. The largest absolute Gasteiger partial charge is 0.343 e. The van der Waals surface area contributed by atoms with Crippen molar-refractivity contribution in [2.45, 2.75) is 39.2 Å². The molecule has 2 aliphatic heterocycles. The molecule has 0 saturated carbocycles. The molecule has 1 unspecified atom stereocenters. The second-order valence-corrected chi connectivity index (χ2v) is 7.00. The Hall–Kier alpha value is -1.88. The average molecular weight is 329 g/mol. The van der Waals surface area contributed by atoms with Crippen LogP contribution in [0.15, 0.2) is 24.3 Å². The van der Waals surface area contributed by atoms with Gasteiger partial charge in [-0.25, -0.2) is 0 Å². The second-order valence-electron chi connectivity index (χ2n) is 7.00. The summed E-state index contributed by atoms with van der Waals surface area (Å²) in [5.41, 5.74) is 2.16. The number of nitrogens with zero attached hydrogens (tertiary/aromatic N) is 3. The lowest BCUT2D eigenvalue weighted by molar-refractivity contribution is -0.131. The van der Waals surface area contributed by atoms with Crippen LogP contribution in [0.25, 0.3) is 0 Å². The van der Waals surface area contributed by atoms with E-state index in [1.54, 1.807) is 0 Å². The molecule has 130 valence electrons. The fourth-order valence-electron chi connectivity index (χ4n) is 3.53. The molecule has 0 aliphatic carbocycles. The molecule has 2 amide bonds. The maximum absolute atomic E-state index is 12.5. The van der Waals surface area contributed by atoms with Gasteiger partial charge in [-0.2, -0.15) is 0 Å². The number of amides is 2. The van der Waals surface area contributed by atoms with Crippen molar-refractivity contribution in [3.8, 4) is 0 Å². The molecule has 0 radical (unpaired) electrons. The van der Waals surface area contributed by atoms with Gasteiger partial charge in [0.05, 0.1) is 6.54 Å². The zero-order valence-electron chi connectivity index (χ0n) is 14.7. The summed E-state index contributed by atoms with van der Waals surface area (Å²) >= 11 is 0. The zero-order valence-corrected chi connectivity index (χ0v) is 14.7. The van der Waals surface area contributed by atoms with Gasteiger partial charge in [0.1, 0.15) is 0 Å². The Kier molecular flexibility index (Phi) is 5.19. The highest BCUT2D eigenvalue weighted by Crippen LogP contribution is 2.21. The molecule has 2 fully saturated rings. The van der Waals surface area contributed by atoms with E-state index in [2.05, 4.69) is 11.8 Å². The molecule has 0 spiro atoms. The Morgan fingerprint density at radius 3 is 2.50 bits per heavy atom. The summed E-state index contributed by atoms with van der Waals surface area (Å²) in [7, 11) is 0. The van der Waals surface area contributed by atoms with Crippen LogP contribution in [0, 0.1) is 6.92 Å². The van der Waals surface area contributed by atoms with Gasteiger partial charge in [-0.05, 0) is 38.8 Å². The monoisotopic (exact) mass is 329 g/mol. The van der Waals surface area contributed by atoms with E-state index in [1.165, 1.54) is 5.56 Å². The molecule has 1 aromatic rings. The van der Waals surface area contributed by atoms with Crippen molar-refractivity contribution in [3.63, 3.8) is 0 Å². The van der Waals surface area contributed by atoms with Crippen LogP contribution in [0.4, 0.5) is 5.69 Å². The molecule has 0 N–H and O–H groups in total. The summed E-state index contributed by atoms with van der Waals surface area (Å²) in [6.07, 6.45) is 2.76. The highest BCUT2D eigenvalue weighted by atomic mass is 16.2. The molecule has 1 aromatic carbocycles. The molecule has 0 aromatic heterocycles. The number of aryl methyl sites for hydroxylation is 1. The topological polar surface area (TPSA) is 43.9 Å². The molecule has 5 heteroatoms. The standard InChI is InChI=1S/C19H27N3O2/c1-15-5-7-17(8-6-15)22-13-16(2)21(14-19(22)24)12-9-18(23)20-10-3-4-11-20/h5-8,16H,3-4,9-14H2,1-2H3. The molecular formula is C19H27N3O2. The third kappa shape index (κ3) is 3.78. The summed E-state index contributed by atoms with van der Waals surface area (Å²) in [4.78, 5) is 30.7. The Morgan fingerprint density at radius 1 is 1.17 bits per heavy atom. The fourth-order valence-corrected chi connectivity index (χ4v) is 3.53. The Bertz CT molecular complexity index is 593. The van der Waals surface area contributed by atoms with Gasteiger partial charge in [-0.15, -0.1) is 0 Å². The van der Waals surface area contributed by atoms with Crippen LogP contribution in [0.3, 0.4) is 0 Å². The normalized spacial score (nSPS) is 22.2. The minimum atomic E-state index is 0.116. The van der Waals surface area contributed by atoms with E-state index in [9.17, 15) is 9.59 Å². The van der Waals surface area contributed by atoms with Gasteiger partial charge in [0.15, 0.2) is 0 Å². The van der Waals surface area contributed by atoms with Crippen LogP contribution < -0.4 is 4.90 Å². The predicted molar refractivity (Wildman–Crippen MR) is 95.0 cm³/mol. The van der Waals surface area contributed by atoms with Crippen molar-refractivity contribution in [1.29, 1.82) is 0 Å². The number of likely N-dealkylation sites (tertiary alicyclic amines) is 1. The van der Waals surface area contributed by atoms with E-state index >= 15 is 0 Å². The molecule has 3 rings (SSSR count). The number of carbonyl (C=O) groups excluding carboxylic acids is 2. The predicted octanol–water partition coefficient (Wildman–Crippen LogP) is 2.04.